The van der Waals surface area contributed by atoms with E-state index >= 15 is 0 Å². The third-order valence-electron chi connectivity index (χ3n) is 5.43. The summed E-state index contributed by atoms with van der Waals surface area (Å²) in [6, 6.07) is 5.79. The van der Waals surface area contributed by atoms with Gasteiger partial charge in [-0.15, -0.1) is 0 Å². The molecule has 1 aliphatic carbocycles. The molecule has 1 aliphatic heterocycles. The van der Waals surface area contributed by atoms with Crippen LogP contribution in [0.3, 0.4) is 0 Å². The molecule has 5 unspecified atom stereocenters. The van der Waals surface area contributed by atoms with Gasteiger partial charge in [-0.2, -0.15) is 0 Å². The maximum Gasteiger partial charge on any atom is 0.335 e. The number of aliphatic hydroxyl groups excluding tert-OH is 4. The maximum atomic E-state index is 13.2. The van der Waals surface area contributed by atoms with Crippen LogP contribution in [0, 0.1) is 0 Å². The van der Waals surface area contributed by atoms with Crippen LogP contribution in [0.5, 0.6) is 11.5 Å². The number of carboxylic acids is 1. The van der Waals surface area contributed by atoms with E-state index in [1.165, 1.54) is 18.2 Å². The van der Waals surface area contributed by atoms with E-state index in [0.29, 0.717) is 0 Å². The number of phenols is 1. The number of hydrogen-bond donors (Lipinski definition) is 6. The minimum absolute atomic E-state index is 0.121. The number of aromatic carboxylic acids is 1. The summed E-state index contributed by atoms with van der Waals surface area (Å²) in [5, 5.41) is 59.0. The summed E-state index contributed by atoms with van der Waals surface area (Å²) in [5.74, 6) is -3.92. The zero-order valence-electron chi connectivity index (χ0n) is 16.2. The molecule has 2 aliphatic rings. The fourth-order valence-electron chi connectivity index (χ4n) is 3.77. The van der Waals surface area contributed by atoms with Gasteiger partial charge in [-0.05, 0) is 18.2 Å². The van der Waals surface area contributed by atoms with E-state index < -0.39 is 71.9 Å². The van der Waals surface area contributed by atoms with E-state index in [2.05, 4.69) is 0 Å². The van der Waals surface area contributed by atoms with Crippen LogP contribution in [-0.4, -0.2) is 85.5 Å². The molecule has 11 nitrogen and oxygen atoms in total. The van der Waals surface area contributed by atoms with Crippen LogP contribution in [-0.2, 0) is 4.74 Å². The monoisotopic (exact) mass is 446 g/mol. The number of benzene rings is 2. The van der Waals surface area contributed by atoms with Crippen molar-refractivity contribution in [2.45, 2.75) is 30.7 Å². The van der Waals surface area contributed by atoms with Crippen molar-refractivity contribution in [3.05, 3.63) is 58.1 Å². The molecule has 0 amide bonds. The molecule has 11 heteroatoms. The first-order chi connectivity index (χ1) is 15.1. The molecule has 0 radical (unpaired) electrons. The number of hydrogen-bond acceptors (Lipinski definition) is 10. The van der Waals surface area contributed by atoms with Gasteiger partial charge in [0.25, 0.3) is 0 Å². The highest BCUT2D eigenvalue weighted by Crippen LogP contribution is 2.38. The van der Waals surface area contributed by atoms with Crippen molar-refractivity contribution >= 4 is 17.5 Å². The van der Waals surface area contributed by atoms with E-state index in [-0.39, 0.29) is 22.3 Å². The average Bonchev–Trinajstić information content (AvgIpc) is 2.77. The number of carboxylic acid groups (broad SMARTS) is 1. The number of fused-ring (bicyclic) bond motifs is 2. The minimum atomic E-state index is -1.84. The molecule has 168 valence electrons. The van der Waals surface area contributed by atoms with Gasteiger partial charge in [0.15, 0.2) is 5.78 Å². The summed E-state index contributed by atoms with van der Waals surface area (Å²) >= 11 is 0. The first kappa shape index (κ1) is 21.9. The summed E-state index contributed by atoms with van der Waals surface area (Å²) in [6.07, 6.45) is -8.34. The van der Waals surface area contributed by atoms with Crippen LogP contribution in [0.15, 0.2) is 30.3 Å². The Kier molecular flexibility index (Phi) is 5.44. The van der Waals surface area contributed by atoms with Gasteiger partial charge < -0.3 is 40.1 Å². The lowest BCUT2D eigenvalue weighted by Gasteiger charge is -2.39. The van der Waals surface area contributed by atoms with E-state index in [4.69, 9.17) is 9.47 Å². The molecule has 1 heterocycles. The van der Waals surface area contributed by atoms with Crippen molar-refractivity contribution in [1.82, 2.24) is 0 Å². The van der Waals surface area contributed by atoms with Crippen LogP contribution < -0.4 is 4.74 Å². The van der Waals surface area contributed by atoms with Gasteiger partial charge in [-0.3, -0.25) is 9.59 Å². The van der Waals surface area contributed by atoms with Gasteiger partial charge in [0, 0.05) is 11.1 Å². The van der Waals surface area contributed by atoms with Crippen LogP contribution in [0.1, 0.15) is 42.2 Å². The molecule has 32 heavy (non-hydrogen) atoms. The van der Waals surface area contributed by atoms with Gasteiger partial charge in [0.1, 0.15) is 35.9 Å². The summed E-state index contributed by atoms with van der Waals surface area (Å²) in [6.45, 7) is -0.739. The summed E-state index contributed by atoms with van der Waals surface area (Å²) in [5.41, 5.74) is -1.50. The lowest BCUT2D eigenvalue weighted by molar-refractivity contribution is -0.277. The number of ether oxygens (including phenoxy) is 2. The maximum absolute atomic E-state index is 13.2. The SMILES string of the molecule is O=C(O)c1cc(OC2OC(CO)C(O)C(O)C2O)c2c(c1)C(=O)c1cccc(O)c1C2=O. The van der Waals surface area contributed by atoms with E-state index in [1.807, 2.05) is 0 Å². The molecule has 1 saturated heterocycles. The predicted molar refractivity (Wildman–Crippen MR) is 103 cm³/mol. The Labute approximate surface area is 179 Å². The minimum Gasteiger partial charge on any atom is -0.507 e. The van der Waals surface area contributed by atoms with E-state index in [1.54, 1.807) is 0 Å². The number of carbonyl (C=O) groups is 3. The zero-order chi connectivity index (χ0) is 23.3. The Balaban J connectivity index is 1.84. The number of ketones is 2. The molecule has 2 aromatic carbocycles. The Morgan fingerprint density at radius 3 is 2.34 bits per heavy atom. The van der Waals surface area contributed by atoms with Gasteiger partial charge in [0.2, 0.25) is 12.1 Å². The summed E-state index contributed by atoms with van der Waals surface area (Å²) in [4.78, 5) is 37.7. The smallest absolute Gasteiger partial charge is 0.335 e. The van der Waals surface area contributed by atoms with Crippen molar-refractivity contribution in [2.75, 3.05) is 6.61 Å². The third-order valence-corrected chi connectivity index (χ3v) is 5.43. The number of aromatic hydroxyl groups is 1. The molecule has 4 rings (SSSR count). The van der Waals surface area contributed by atoms with Gasteiger partial charge in [-0.1, -0.05) is 12.1 Å². The lowest BCUT2D eigenvalue weighted by Crippen LogP contribution is -2.60. The standard InChI is InChI=1S/C21H18O11/c22-6-12-16(25)18(27)19(28)21(32-12)31-11-5-7(20(29)30)4-9-14(11)17(26)13-8(15(9)24)2-1-3-10(13)23/h1-5,12,16,18-19,21-23,25,27-28H,6H2,(H,29,30). The predicted octanol–water partition coefficient (Wildman–Crippen LogP) is -0.956. The van der Waals surface area contributed by atoms with Gasteiger partial charge in [-0.25, -0.2) is 4.79 Å². The highest BCUT2D eigenvalue weighted by molar-refractivity contribution is 6.30. The molecule has 2 aromatic rings. The Morgan fingerprint density at radius 1 is 0.969 bits per heavy atom. The summed E-state index contributed by atoms with van der Waals surface area (Å²) in [7, 11) is 0. The molecule has 1 fully saturated rings. The fourth-order valence-corrected chi connectivity index (χ4v) is 3.77. The van der Waals surface area contributed by atoms with E-state index in [0.717, 1.165) is 12.1 Å². The molecule has 0 aromatic heterocycles. The number of carbonyl (C=O) groups excluding carboxylic acids is 2. The largest absolute Gasteiger partial charge is 0.507 e. The van der Waals surface area contributed by atoms with Crippen LogP contribution in [0.2, 0.25) is 0 Å². The van der Waals surface area contributed by atoms with Gasteiger partial charge >= 0.3 is 5.97 Å². The third kappa shape index (κ3) is 3.32. The Bertz CT molecular complexity index is 1120. The van der Waals surface area contributed by atoms with E-state index in [9.17, 15) is 45.0 Å². The first-order valence-electron chi connectivity index (χ1n) is 9.45. The number of phenolic OH excluding ortho intramolecular Hbond substituents is 1. The van der Waals surface area contributed by atoms with Crippen LogP contribution in [0.25, 0.3) is 0 Å². The molecule has 0 saturated carbocycles. The Morgan fingerprint density at radius 2 is 1.69 bits per heavy atom. The fraction of sp³-hybridized carbons (Fsp3) is 0.286. The second-order valence-electron chi connectivity index (χ2n) is 7.38. The summed E-state index contributed by atoms with van der Waals surface area (Å²) < 4.78 is 10.8. The van der Waals surface area contributed by atoms with Crippen molar-refractivity contribution in [1.29, 1.82) is 0 Å². The highest BCUT2D eigenvalue weighted by Gasteiger charge is 2.45. The number of aliphatic hydroxyl groups is 4. The normalized spacial score (nSPS) is 26.9. The molecule has 0 spiro atoms. The Hall–Kier alpha value is -3.35. The van der Waals surface area contributed by atoms with Crippen molar-refractivity contribution in [2.24, 2.45) is 0 Å². The number of rotatable bonds is 4. The molecule has 5 atom stereocenters. The zero-order valence-corrected chi connectivity index (χ0v) is 16.2. The van der Waals surface area contributed by atoms with Crippen molar-refractivity contribution < 1.29 is 54.5 Å². The lowest BCUT2D eigenvalue weighted by atomic mass is 9.82. The highest BCUT2D eigenvalue weighted by atomic mass is 16.7. The van der Waals surface area contributed by atoms with Crippen molar-refractivity contribution in [3.63, 3.8) is 0 Å². The van der Waals surface area contributed by atoms with Crippen LogP contribution in [0.4, 0.5) is 0 Å². The molecular weight excluding hydrogens is 428 g/mol. The average molecular weight is 446 g/mol. The molecule has 0 bridgehead atoms. The van der Waals surface area contributed by atoms with Gasteiger partial charge in [0.05, 0.1) is 23.3 Å². The van der Waals surface area contributed by atoms with Crippen molar-refractivity contribution in [3.8, 4) is 11.5 Å². The topological polar surface area (TPSA) is 191 Å². The quantitative estimate of drug-likeness (QED) is 0.289. The van der Waals surface area contributed by atoms with Crippen LogP contribution >= 0.6 is 0 Å². The molecular formula is C21H18O11. The first-order valence-corrected chi connectivity index (χ1v) is 9.45. The molecule has 6 N–H and O–H groups in total. The second kappa shape index (κ2) is 7.97. The second-order valence-corrected chi connectivity index (χ2v) is 7.38.